The molecule has 0 saturated heterocycles. The monoisotopic (exact) mass is 208 g/mol. The van der Waals surface area contributed by atoms with Gasteiger partial charge in [-0.25, -0.2) is 0 Å². The lowest BCUT2D eigenvalue weighted by Crippen LogP contribution is -2.02. The highest BCUT2D eigenvalue weighted by atomic mass is 35.5. The van der Waals surface area contributed by atoms with Crippen LogP contribution in [-0.4, -0.2) is 11.5 Å². The number of hydrogen-bond donors (Lipinski definition) is 2. The van der Waals surface area contributed by atoms with Gasteiger partial charge >= 0.3 is 0 Å². The number of benzene rings is 1. The molecule has 0 aliphatic heterocycles. The second-order valence-electron chi connectivity index (χ2n) is 3.49. The highest BCUT2D eigenvalue weighted by Gasteiger charge is 2.06. The molecule has 0 aliphatic rings. The first-order chi connectivity index (χ1) is 6.72. The molecular weight excluding hydrogens is 196 g/mol. The summed E-state index contributed by atoms with van der Waals surface area (Å²) < 4.78 is 0. The Morgan fingerprint density at radius 3 is 2.93 bits per heavy atom. The topological polar surface area (TPSA) is 41.8 Å². The molecule has 0 unspecified atom stereocenters. The zero-order valence-corrected chi connectivity index (χ0v) is 8.86. The highest BCUT2D eigenvalue weighted by molar-refractivity contribution is 6.36. The summed E-state index contributed by atoms with van der Waals surface area (Å²) >= 11 is 6.26. The van der Waals surface area contributed by atoms with E-state index in [1.807, 2.05) is 13.0 Å². The van der Waals surface area contributed by atoms with Crippen LogP contribution in [0, 0.1) is 6.92 Å². The van der Waals surface area contributed by atoms with Crippen molar-refractivity contribution in [2.24, 2.45) is 5.73 Å². The summed E-state index contributed by atoms with van der Waals surface area (Å²) in [7, 11) is 0. The molecule has 2 rings (SSSR count). The van der Waals surface area contributed by atoms with Crippen molar-refractivity contribution in [3.63, 3.8) is 0 Å². The molecule has 0 atom stereocenters. The Morgan fingerprint density at radius 2 is 2.21 bits per heavy atom. The molecule has 1 aromatic heterocycles. The maximum Gasteiger partial charge on any atom is 0.0532 e. The fourth-order valence-electron chi connectivity index (χ4n) is 1.70. The Morgan fingerprint density at radius 1 is 1.43 bits per heavy atom. The molecule has 0 spiro atoms. The Bertz CT molecular complexity index is 460. The van der Waals surface area contributed by atoms with Crippen molar-refractivity contribution in [1.29, 1.82) is 0 Å². The van der Waals surface area contributed by atoms with Gasteiger partial charge < -0.3 is 10.7 Å². The standard InChI is InChI=1S/C11H13ClN2/c1-7-6-9-10(14-7)3-2-8(4-5-13)11(9)12/h2-3,6,14H,4-5,13H2,1H3. The molecule has 74 valence electrons. The van der Waals surface area contributed by atoms with E-state index in [2.05, 4.69) is 17.1 Å². The highest BCUT2D eigenvalue weighted by Crippen LogP contribution is 2.27. The van der Waals surface area contributed by atoms with Gasteiger partial charge in [-0.2, -0.15) is 0 Å². The van der Waals surface area contributed by atoms with Crippen LogP contribution in [0.1, 0.15) is 11.3 Å². The fraction of sp³-hybridized carbons (Fsp3) is 0.273. The van der Waals surface area contributed by atoms with Crippen molar-refractivity contribution in [2.75, 3.05) is 6.54 Å². The van der Waals surface area contributed by atoms with E-state index in [0.29, 0.717) is 6.54 Å². The first-order valence-electron chi connectivity index (χ1n) is 4.69. The summed E-state index contributed by atoms with van der Waals surface area (Å²) in [4.78, 5) is 3.25. The second kappa shape index (κ2) is 3.64. The van der Waals surface area contributed by atoms with E-state index < -0.39 is 0 Å². The summed E-state index contributed by atoms with van der Waals surface area (Å²) in [6.07, 6.45) is 0.832. The summed E-state index contributed by atoms with van der Waals surface area (Å²) in [5.41, 5.74) is 8.86. The van der Waals surface area contributed by atoms with Crippen molar-refractivity contribution < 1.29 is 0 Å². The molecule has 1 heterocycles. The molecule has 3 heteroatoms. The maximum absolute atomic E-state index is 6.26. The lowest BCUT2D eigenvalue weighted by molar-refractivity contribution is 0.971. The van der Waals surface area contributed by atoms with Gasteiger partial charge in [-0.3, -0.25) is 0 Å². The van der Waals surface area contributed by atoms with Crippen LogP contribution in [0.15, 0.2) is 18.2 Å². The van der Waals surface area contributed by atoms with Gasteiger partial charge in [0.15, 0.2) is 0 Å². The number of fused-ring (bicyclic) bond motifs is 1. The minimum absolute atomic E-state index is 0.634. The molecule has 0 bridgehead atoms. The number of aromatic amines is 1. The molecular formula is C11H13ClN2. The van der Waals surface area contributed by atoms with Crippen molar-refractivity contribution in [2.45, 2.75) is 13.3 Å². The van der Waals surface area contributed by atoms with Crippen LogP contribution >= 0.6 is 11.6 Å². The summed E-state index contributed by atoms with van der Waals surface area (Å²) in [6, 6.07) is 6.16. The summed E-state index contributed by atoms with van der Waals surface area (Å²) in [6.45, 7) is 2.66. The maximum atomic E-state index is 6.26. The number of aryl methyl sites for hydroxylation is 1. The van der Waals surface area contributed by atoms with Crippen LogP contribution in [0.3, 0.4) is 0 Å². The van der Waals surface area contributed by atoms with E-state index in [-0.39, 0.29) is 0 Å². The number of H-pyrrole nitrogens is 1. The van der Waals surface area contributed by atoms with Gasteiger partial charge in [-0.15, -0.1) is 0 Å². The minimum Gasteiger partial charge on any atom is -0.359 e. The molecule has 0 fully saturated rings. The lowest BCUT2D eigenvalue weighted by atomic mass is 10.1. The zero-order valence-electron chi connectivity index (χ0n) is 8.10. The Hall–Kier alpha value is -0.990. The van der Waals surface area contributed by atoms with Crippen LogP contribution in [0.2, 0.25) is 5.02 Å². The average Bonchev–Trinajstić information content (AvgIpc) is 2.52. The Balaban J connectivity index is 2.61. The Kier molecular flexibility index (Phi) is 2.48. The molecule has 2 aromatic rings. The van der Waals surface area contributed by atoms with E-state index in [4.69, 9.17) is 17.3 Å². The van der Waals surface area contributed by atoms with Crippen LogP contribution in [0.5, 0.6) is 0 Å². The number of nitrogens with two attached hydrogens (primary N) is 1. The van der Waals surface area contributed by atoms with Gasteiger partial charge in [0.05, 0.1) is 5.02 Å². The molecule has 3 N–H and O–H groups in total. The predicted octanol–water partition coefficient (Wildman–Crippen LogP) is 2.63. The van der Waals surface area contributed by atoms with Crippen molar-refractivity contribution in [3.8, 4) is 0 Å². The predicted molar refractivity (Wildman–Crippen MR) is 60.8 cm³/mol. The molecule has 0 saturated carbocycles. The third-order valence-corrected chi connectivity index (χ3v) is 2.81. The van der Waals surface area contributed by atoms with Gasteiger partial charge in [-0.05, 0) is 37.6 Å². The van der Waals surface area contributed by atoms with E-state index in [1.165, 1.54) is 0 Å². The van der Waals surface area contributed by atoms with Crippen molar-refractivity contribution in [3.05, 3.63) is 34.5 Å². The van der Waals surface area contributed by atoms with E-state index in [1.54, 1.807) is 0 Å². The van der Waals surface area contributed by atoms with Crippen LogP contribution < -0.4 is 5.73 Å². The third-order valence-electron chi connectivity index (χ3n) is 2.37. The van der Waals surface area contributed by atoms with Gasteiger partial charge in [0.25, 0.3) is 0 Å². The molecule has 1 aromatic carbocycles. The van der Waals surface area contributed by atoms with Gasteiger partial charge in [0.1, 0.15) is 0 Å². The van der Waals surface area contributed by atoms with Crippen LogP contribution in [-0.2, 0) is 6.42 Å². The quantitative estimate of drug-likeness (QED) is 0.783. The van der Waals surface area contributed by atoms with Gasteiger partial charge in [0.2, 0.25) is 0 Å². The van der Waals surface area contributed by atoms with Gasteiger partial charge in [-0.1, -0.05) is 17.7 Å². The largest absolute Gasteiger partial charge is 0.359 e. The Labute approximate surface area is 88.1 Å². The molecule has 2 nitrogen and oxygen atoms in total. The SMILES string of the molecule is Cc1cc2c(Cl)c(CCN)ccc2[nH]1. The van der Waals surface area contributed by atoms with E-state index >= 15 is 0 Å². The summed E-state index contributed by atoms with van der Waals surface area (Å²) in [5.74, 6) is 0. The van der Waals surface area contributed by atoms with Crippen molar-refractivity contribution >= 4 is 22.5 Å². The van der Waals surface area contributed by atoms with E-state index in [0.717, 1.165) is 33.6 Å². The number of aromatic nitrogens is 1. The number of rotatable bonds is 2. The first kappa shape index (κ1) is 9.56. The van der Waals surface area contributed by atoms with Gasteiger partial charge in [0, 0.05) is 16.6 Å². The first-order valence-corrected chi connectivity index (χ1v) is 5.07. The van der Waals surface area contributed by atoms with E-state index in [9.17, 15) is 0 Å². The van der Waals surface area contributed by atoms with Crippen LogP contribution in [0.4, 0.5) is 0 Å². The number of hydrogen-bond acceptors (Lipinski definition) is 1. The zero-order chi connectivity index (χ0) is 10.1. The number of nitrogens with one attached hydrogen (secondary N) is 1. The average molecular weight is 209 g/mol. The van der Waals surface area contributed by atoms with Crippen LogP contribution in [0.25, 0.3) is 10.9 Å². The molecule has 0 amide bonds. The lowest BCUT2D eigenvalue weighted by Gasteiger charge is -2.02. The summed E-state index contributed by atoms with van der Waals surface area (Å²) in [5, 5.41) is 1.92. The van der Waals surface area contributed by atoms with Crippen molar-refractivity contribution in [1.82, 2.24) is 4.98 Å². The third kappa shape index (κ3) is 1.51. The smallest absolute Gasteiger partial charge is 0.0532 e. The minimum atomic E-state index is 0.634. The molecule has 0 aliphatic carbocycles. The second-order valence-corrected chi connectivity index (χ2v) is 3.87. The molecule has 14 heavy (non-hydrogen) atoms. The fourth-order valence-corrected chi connectivity index (χ4v) is 2.02. The normalized spacial score (nSPS) is 11.1. The molecule has 0 radical (unpaired) electrons. The number of halogens is 1.